The zero-order chi connectivity index (χ0) is 26.7. The molecule has 5 rings (SSSR count). The number of rotatable bonds is 8. The van der Waals surface area contributed by atoms with E-state index < -0.39 is 33.9 Å². The molecule has 0 spiro atoms. The minimum absolute atomic E-state index is 0.344. The molecule has 0 fully saturated rings. The summed E-state index contributed by atoms with van der Waals surface area (Å²) in [6.45, 7) is 0. The van der Waals surface area contributed by atoms with Gasteiger partial charge in [0.05, 0.1) is 0 Å². The maximum atomic E-state index is 14.4. The van der Waals surface area contributed by atoms with Crippen molar-refractivity contribution in [3.05, 3.63) is 151 Å². The Bertz CT molecular complexity index is 1500. The van der Waals surface area contributed by atoms with Crippen molar-refractivity contribution in [3.63, 3.8) is 0 Å². The molecule has 5 aromatic carbocycles. The van der Waals surface area contributed by atoms with Crippen LogP contribution in [-0.4, -0.2) is 37.3 Å². The first kappa shape index (κ1) is 25.9. The average Bonchev–Trinajstić information content (AvgIpc) is 2.98. The standard InChI is InChI=1S/C7H6O5S.4C6H5.Sb/c8-7(9)5-3-1-2-4-6(5)13(10,11)12;4*1-2-4-6-5-3-1;/h1-4H,(H,8,9)(H,10,11,12);4*1-5H;/q;;;;;+1/p-1. The molecule has 0 aliphatic carbocycles. The number of hydrogen-bond donors (Lipinski definition) is 1. The summed E-state index contributed by atoms with van der Waals surface area (Å²) < 4.78 is 38.7. The summed E-state index contributed by atoms with van der Waals surface area (Å²) in [5.41, 5.74) is -0.344. The zero-order valence-electron chi connectivity index (χ0n) is 20.3. The van der Waals surface area contributed by atoms with Crippen LogP contribution in [0.1, 0.15) is 10.4 Å². The van der Waals surface area contributed by atoms with Gasteiger partial charge in [0.15, 0.2) is 0 Å². The molecule has 0 atom stereocenters. The van der Waals surface area contributed by atoms with E-state index in [0.29, 0.717) is 0 Å². The Morgan fingerprint density at radius 3 is 1.18 bits per heavy atom. The average molecular weight is 631 g/mol. The number of carboxylic acid groups (broad SMARTS) is 1. The number of carbonyl (C=O) groups is 1. The van der Waals surface area contributed by atoms with Gasteiger partial charge in [-0.1, -0.05) is 0 Å². The summed E-state index contributed by atoms with van der Waals surface area (Å²) in [5.74, 6) is -1.35. The van der Waals surface area contributed by atoms with E-state index in [1.165, 1.54) is 24.3 Å². The first-order valence-corrected chi connectivity index (χ1v) is 19.5. The molecule has 0 aliphatic rings. The van der Waals surface area contributed by atoms with E-state index >= 15 is 0 Å². The van der Waals surface area contributed by atoms with Gasteiger partial charge in [0.25, 0.3) is 0 Å². The minimum atomic E-state index is -5.77. The summed E-state index contributed by atoms with van der Waals surface area (Å²) in [6, 6.07) is 43.3. The second-order valence-corrected chi connectivity index (χ2v) is 23.3. The normalized spacial score (nSPS) is 12.8. The summed E-state index contributed by atoms with van der Waals surface area (Å²) in [7, 11) is -4.64. The van der Waals surface area contributed by atoms with Gasteiger partial charge in [-0.3, -0.25) is 0 Å². The van der Waals surface area contributed by atoms with Gasteiger partial charge < -0.3 is 0 Å². The number of benzene rings is 5. The maximum absolute atomic E-state index is 14.4. The second kappa shape index (κ2) is 10.2. The number of hydrogen-bond acceptors (Lipinski definition) is 4. The molecule has 5 aromatic rings. The fourth-order valence-electron chi connectivity index (χ4n) is 5.01. The fourth-order valence-corrected chi connectivity index (χ4v) is 27.1. The monoisotopic (exact) mass is 630 g/mol. The van der Waals surface area contributed by atoms with E-state index in [-0.39, 0.29) is 10.5 Å². The molecule has 0 heterocycles. The Morgan fingerprint density at radius 1 is 0.526 bits per heavy atom. The summed E-state index contributed by atoms with van der Waals surface area (Å²) in [5, 5.41) is 9.86. The molecule has 7 heteroatoms. The summed E-state index contributed by atoms with van der Waals surface area (Å²) >= 11 is -5.77. The summed E-state index contributed by atoms with van der Waals surface area (Å²) in [6.07, 6.45) is 0. The molecule has 5 nitrogen and oxygen atoms in total. The topological polar surface area (TPSA) is 80.7 Å². The molecular weight excluding hydrogens is 606 g/mol. The van der Waals surface area contributed by atoms with Crippen LogP contribution in [-0.2, 0) is 12.6 Å². The Hall–Kier alpha value is -3.70. The first-order chi connectivity index (χ1) is 18.4. The van der Waals surface area contributed by atoms with Crippen molar-refractivity contribution in [2.75, 3.05) is 0 Å². The van der Waals surface area contributed by atoms with Gasteiger partial charge in [0.1, 0.15) is 0 Å². The van der Waals surface area contributed by atoms with Crippen molar-refractivity contribution >= 4 is 47.9 Å². The third kappa shape index (κ3) is 4.06. The van der Waals surface area contributed by atoms with Gasteiger partial charge in [-0.05, 0) is 0 Å². The predicted octanol–water partition coefficient (Wildman–Crippen LogP) is 3.62. The first-order valence-electron chi connectivity index (χ1n) is 11.9. The van der Waals surface area contributed by atoms with Crippen LogP contribution < -0.4 is 14.0 Å². The van der Waals surface area contributed by atoms with E-state index in [0.717, 1.165) is 14.0 Å². The molecular formula is C31H25O5SSb. The van der Waals surface area contributed by atoms with Crippen LogP contribution in [0.2, 0.25) is 0 Å². The van der Waals surface area contributed by atoms with Crippen molar-refractivity contribution in [1.82, 2.24) is 0 Å². The zero-order valence-corrected chi connectivity index (χ0v) is 23.7. The summed E-state index contributed by atoms with van der Waals surface area (Å²) in [4.78, 5) is 11.7. The third-order valence-electron chi connectivity index (χ3n) is 6.63. The van der Waals surface area contributed by atoms with Crippen molar-refractivity contribution in [3.8, 4) is 0 Å². The Balaban J connectivity index is 2.02. The fraction of sp³-hybridized carbons (Fsp3) is 0. The molecule has 38 heavy (non-hydrogen) atoms. The van der Waals surface area contributed by atoms with Gasteiger partial charge in [-0.25, -0.2) is 0 Å². The molecule has 0 aliphatic heterocycles. The predicted molar refractivity (Wildman–Crippen MR) is 152 cm³/mol. The van der Waals surface area contributed by atoms with Gasteiger partial charge >= 0.3 is 225 Å². The second-order valence-electron chi connectivity index (χ2n) is 8.71. The van der Waals surface area contributed by atoms with E-state index in [9.17, 15) is 18.3 Å². The van der Waals surface area contributed by atoms with E-state index in [4.69, 9.17) is 2.46 Å². The molecule has 1 N–H and O–H groups in total. The van der Waals surface area contributed by atoms with Crippen molar-refractivity contribution in [2.24, 2.45) is 0 Å². The van der Waals surface area contributed by atoms with Crippen LogP contribution in [0, 0.1) is 0 Å². The molecule has 0 amide bonds. The molecule has 0 radical (unpaired) electrons. The Morgan fingerprint density at radius 2 is 0.842 bits per heavy atom. The van der Waals surface area contributed by atoms with E-state index in [1.54, 1.807) is 0 Å². The van der Waals surface area contributed by atoms with Crippen LogP contribution in [0.25, 0.3) is 0 Å². The van der Waals surface area contributed by atoms with Gasteiger partial charge in [-0.15, -0.1) is 0 Å². The number of aromatic carboxylic acids is 1. The molecule has 0 unspecified atom stereocenters. The molecule has 0 aromatic heterocycles. The van der Waals surface area contributed by atoms with E-state index in [1.807, 2.05) is 121 Å². The van der Waals surface area contributed by atoms with Crippen LogP contribution in [0.4, 0.5) is 0 Å². The molecule has 0 bridgehead atoms. The van der Waals surface area contributed by atoms with E-state index in [2.05, 4.69) is 0 Å². The van der Waals surface area contributed by atoms with Crippen molar-refractivity contribution in [2.45, 2.75) is 4.90 Å². The van der Waals surface area contributed by atoms with Gasteiger partial charge in [0, 0.05) is 0 Å². The Labute approximate surface area is 223 Å². The number of carboxylic acids is 1. The SMILES string of the molecule is O=C(O)c1ccccc1S(=O)(=O)[O][Sb]([c]1ccccc1)([c]1ccccc1)([c]1ccccc1)[c]1ccccc1. The van der Waals surface area contributed by atoms with Crippen LogP contribution in [0.15, 0.2) is 150 Å². The Kier molecular flexibility index (Phi) is 6.97. The molecule has 0 saturated heterocycles. The van der Waals surface area contributed by atoms with Gasteiger partial charge in [0.2, 0.25) is 0 Å². The quantitative estimate of drug-likeness (QED) is 0.265. The van der Waals surface area contributed by atoms with Crippen LogP contribution >= 0.6 is 0 Å². The van der Waals surface area contributed by atoms with Crippen LogP contribution in [0.3, 0.4) is 0 Å². The molecule has 0 saturated carbocycles. The van der Waals surface area contributed by atoms with Crippen molar-refractivity contribution in [1.29, 1.82) is 0 Å². The van der Waals surface area contributed by atoms with Crippen LogP contribution in [0.5, 0.6) is 0 Å². The third-order valence-corrected chi connectivity index (χ3v) is 26.9. The van der Waals surface area contributed by atoms with Crippen molar-refractivity contribution < 1.29 is 20.8 Å². The van der Waals surface area contributed by atoms with Gasteiger partial charge in [-0.2, -0.15) is 0 Å². The molecule has 190 valence electrons.